The number of nitrogens with one attached hydrogen (secondary N) is 2. The number of anilines is 1. The summed E-state index contributed by atoms with van der Waals surface area (Å²) < 4.78 is 5.34. The summed E-state index contributed by atoms with van der Waals surface area (Å²) in [4.78, 5) is 43.0. The fourth-order valence-electron chi connectivity index (χ4n) is 1.95. The highest BCUT2D eigenvalue weighted by Crippen LogP contribution is 2.39. The van der Waals surface area contributed by atoms with Crippen LogP contribution in [-0.4, -0.2) is 40.1 Å². The zero-order chi connectivity index (χ0) is 20.0. The van der Waals surface area contributed by atoms with Crippen molar-refractivity contribution >= 4 is 39.0 Å². The van der Waals surface area contributed by atoms with Gasteiger partial charge in [0, 0.05) is 0 Å². The lowest BCUT2D eigenvalue weighted by Crippen LogP contribution is -2.26. The Hall–Kier alpha value is -3.74. The number of thiophene rings is 1. The van der Waals surface area contributed by atoms with E-state index in [1.807, 2.05) is 0 Å². The van der Waals surface area contributed by atoms with Gasteiger partial charge in [-0.3, -0.25) is 25.0 Å². The number of benzene rings is 1. The van der Waals surface area contributed by atoms with E-state index >= 15 is 0 Å². The van der Waals surface area contributed by atoms with Crippen LogP contribution in [0.1, 0.15) is 10.4 Å². The Morgan fingerprint density at radius 1 is 1.19 bits per heavy atom. The van der Waals surface area contributed by atoms with Crippen LogP contribution in [0.3, 0.4) is 0 Å². The smallest absolute Gasteiger partial charge is 0.404 e. The van der Waals surface area contributed by atoms with Gasteiger partial charge in [-0.05, 0) is 23.5 Å². The van der Waals surface area contributed by atoms with Crippen molar-refractivity contribution in [1.29, 1.82) is 0 Å². The molecule has 2 amide bonds. The Morgan fingerprint density at radius 3 is 2.52 bits per heavy atom. The summed E-state index contributed by atoms with van der Waals surface area (Å²) in [5.41, 5.74) is -0.567. The van der Waals surface area contributed by atoms with E-state index in [9.17, 15) is 29.8 Å². The van der Waals surface area contributed by atoms with Crippen molar-refractivity contribution in [3.05, 3.63) is 56.1 Å². The summed E-state index contributed by atoms with van der Waals surface area (Å²) in [7, 11) is 0. The van der Waals surface area contributed by atoms with Gasteiger partial charge in [0.15, 0.2) is 5.00 Å². The third-order valence-electron chi connectivity index (χ3n) is 3.07. The molecule has 0 radical (unpaired) electrons. The Labute approximate surface area is 154 Å². The summed E-state index contributed by atoms with van der Waals surface area (Å²) in [6.07, 6.45) is -1.23. The average Bonchev–Trinajstić information content (AvgIpc) is 3.03. The van der Waals surface area contributed by atoms with Crippen molar-refractivity contribution in [1.82, 2.24) is 5.32 Å². The molecule has 0 spiro atoms. The summed E-state index contributed by atoms with van der Waals surface area (Å²) in [5, 5.41) is 33.9. The lowest BCUT2D eigenvalue weighted by atomic mass is 10.2. The first-order chi connectivity index (χ1) is 12.8. The first-order valence-corrected chi connectivity index (χ1v) is 8.04. The molecule has 27 heavy (non-hydrogen) atoms. The van der Waals surface area contributed by atoms with Crippen LogP contribution in [0.5, 0.6) is 5.75 Å². The molecule has 12 nitrogen and oxygen atoms in total. The molecule has 3 N–H and O–H groups in total. The molecule has 0 aliphatic carbocycles. The van der Waals surface area contributed by atoms with Gasteiger partial charge in [-0.2, -0.15) is 0 Å². The van der Waals surface area contributed by atoms with E-state index < -0.39 is 32.5 Å². The number of nitro groups is 2. The highest BCUT2D eigenvalue weighted by molar-refractivity contribution is 7.20. The van der Waals surface area contributed by atoms with Crippen molar-refractivity contribution in [2.75, 3.05) is 18.5 Å². The molecule has 2 rings (SSSR count). The van der Waals surface area contributed by atoms with Crippen LogP contribution in [0.4, 0.5) is 20.5 Å². The number of carboxylic acid groups (broad SMARTS) is 1. The van der Waals surface area contributed by atoms with Gasteiger partial charge in [0.25, 0.3) is 5.91 Å². The van der Waals surface area contributed by atoms with Gasteiger partial charge in [-0.25, -0.2) is 4.79 Å². The summed E-state index contributed by atoms with van der Waals surface area (Å²) in [5.74, 6) is -0.646. The lowest BCUT2D eigenvalue weighted by Gasteiger charge is -2.11. The largest absolute Gasteiger partial charge is 0.491 e. The predicted molar refractivity (Wildman–Crippen MR) is 93.5 cm³/mol. The summed E-state index contributed by atoms with van der Waals surface area (Å²) in [6.45, 7) is -0.0743. The maximum Gasteiger partial charge on any atom is 0.404 e. The molecule has 1 aromatic carbocycles. The number of ether oxygens (including phenoxy) is 1. The van der Waals surface area contributed by atoms with E-state index in [0.29, 0.717) is 11.3 Å². The molecular formula is C14H12N4O8S. The Morgan fingerprint density at radius 2 is 1.89 bits per heavy atom. The third kappa shape index (κ3) is 5.12. The Bertz CT molecular complexity index is 897. The molecule has 1 heterocycles. The molecule has 13 heteroatoms. The number of para-hydroxylation sites is 1. The zero-order valence-corrected chi connectivity index (χ0v) is 14.2. The van der Waals surface area contributed by atoms with Gasteiger partial charge >= 0.3 is 16.8 Å². The van der Waals surface area contributed by atoms with E-state index in [1.54, 1.807) is 6.07 Å². The maximum absolute atomic E-state index is 12.4. The number of carbonyl (C=O) groups is 2. The minimum atomic E-state index is -1.23. The number of hydrogen-bond donors (Lipinski definition) is 3. The van der Waals surface area contributed by atoms with Crippen LogP contribution in [-0.2, 0) is 0 Å². The SMILES string of the molecule is O=C(O)NCCOc1ccccc1C(=O)Nc1sc([N+](=O)[O-])cc1[N+](=O)[O-]. The highest BCUT2D eigenvalue weighted by Gasteiger charge is 2.27. The van der Waals surface area contributed by atoms with Crippen molar-refractivity contribution in [2.45, 2.75) is 0 Å². The van der Waals surface area contributed by atoms with Gasteiger partial charge < -0.3 is 20.5 Å². The highest BCUT2D eigenvalue weighted by atomic mass is 32.1. The summed E-state index contributed by atoms with van der Waals surface area (Å²) >= 11 is 0.461. The van der Waals surface area contributed by atoms with E-state index in [4.69, 9.17) is 9.84 Å². The molecule has 2 aromatic rings. The van der Waals surface area contributed by atoms with Gasteiger partial charge in [0.05, 0.1) is 22.0 Å². The van der Waals surface area contributed by atoms with Crippen LogP contribution in [0.15, 0.2) is 30.3 Å². The second-order valence-electron chi connectivity index (χ2n) is 4.84. The number of rotatable bonds is 8. The van der Waals surface area contributed by atoms with Crippen LogP contribution in [0, 0.1) is 20.2 Å². The van der Waals surface area contributed by atoms with Crippen molar-refractivity contribution in [3.63, 3.8) is 0 Å². The topological polar surface area (TPSA) is 174 Å². The Balaban J connectivity index is 2.18. The molecule has 142 valence electrons. The second-order valence-corrected chi connectivity index (χ2v) is 5.87. The number of hydrogen-bond acceptors (Lipinski definition) is 8. The molecule has 0 saturated carbocycles. The molecule has 0 atom stereocenters. The molecule has 1 aromatic heterocycles. The van der Waals surface area contributed by atoms with E-state index in [1.165, 1.54) is 18.2 Å². The quantitative estimate of drug-likeness (QED) is 0.346. The van der Waals surface area contributed by atoms with Crippen LogP contribution in [0.25, 0.3) is 0 Å². The first kappa shape index (κ1) is 19.6. The van der Waals surface area contributed by atoms with Crippen LogP contribution in [0.2, 0.25) is 0 Å². The first-order valence-electron chi connectivity index (χ1n) is 7.22. The number of nitrogens with zero attached hydrogens (tertiary/aromatic N) is 2. The average molecular weight is 396 g/mol. The number of amides is 2. The van der Waals surface area contributed by atoms with Gasteiger partial charge in [-0.1, -0.05) is 12.1 Å². The molecule has 0 fully saturated rings. The van der Waals surface area contributed by atoms with Crippen molar-refractivity contribution < 1.29 is 29.3 Å². The third-order valence-corrected chi connectivity index (χ3v) is 4.06. The molecule has 0 aliphatic rings. The molecule has 0 unspecified atom stereocenters. The predicted octanol–water partition coefficient (Wildman–Crippen LogP) is 2.46. The second kappa shape index (κ2) is 8.57. The van der Waals surface area contributed by atoms with Crippen molar-refractivity contribution in [2.24, 2.45) is 0 Å². The van der Waals surface area contributed by atoms with E-state index in [2.05, 4.69) is 10.6 Å². The fourth-order valence-corrected chi connectivity index (χ4v) is 2.79. The fraction of sp³-hybridized carbons (Fsp3) is 0.143. The van der Waals surface area contributed by atoms with Crippen molar-refractivity contribution in [3.8, 4) is 5.75 Å². The minimum absolute atomic E-state index is 0.0200. The number of carbonyl (C=O) groups excluding carboxylic acids is 1. The summed E-state index contributed by atoms with van der Waals surface area (Å²) in [6, 6.07) is 6.72. The minimum Gasteiger partial charge on any atom is -0.491 e. The normalized spacial score (nSPS) is 10.1. The van der Waals surface area contributed by atoms with Gasteiger partial charge in [0.2, 0.25) is 0 Å². The molecule has 0 bridgehead atoms. The van der Waals surface area contributed by atoms with Crippen LogP contribution >= 0.6 is 11.3 Å². The van der Waals surface area contributed by atoms with Gasteiger partial charge in [0.1, 0.15) is 18.4 Å². The zero-order valence-electron chi connectivity index (χ0n) is 13.4. The molecule has 0 saturated heterocycles. The lowest BCUT2D eigenvalue weighted by molar-refractivity contribution is -0.389. The van der Waals surface area contributed by atoms with Gasteiger partial charge in [-0.15, -0.1) is 0 Å². The Kier molecular flexibility index (Phi) is 6.22. The van der Waals surface area contributed by atoms with E-state index in [-0.39, 0.29) is 29.5 Å². The van der Waals surface area contributed by atoms with E-state index in [0.717, 1.165) is 6.07 Å². The monoisotopic (exact) mass is 396 g/mol. The van der Waals surface area contributed by atoms with Crippen LogP contribution < -0.4 is 15.4 Å². The standard InChI is InChI=1S/C14H12N4O8S/c19-12(16-13-9(17(22)23)7-11(27-13)18(24)25)8-3-1-2-4-10(8)26-6-5-15-14(20)21/h1-4,7,15H,5-6H2,(H,16,19)(H,20,21). The molecule has 0 aliphatic heterocycles. The maximum atomic E-state index is 12.4. The molecular weight excluding hydrogens is 384 g/mol.